The SMILES string of the molecule is O=C([O-])c1cc(N2C(=O)CCC2=O)ccc1Cl. The summed E-state index contributed by atoms with van der Waals surface area (Å²) in [5.74, 6) is -2.14. The fraction of sp³-hybridized carbons (Fsp3) is 0.182. The van der Waals surface area contributed by atoms with Crippen LogP contribution in [0.25, 0.3) is 0 Å². The number of aromatic carboxylic acids is 1. The van der Waals surface area contributed by atoms with Gasteiger partial charge in [0.1, 0.15) is 0 Å². The summed E-state index contributed by atoms with van der Waals surface area (Å²) in [6, 6.07) is 3.91. The highest BCUT2D eigenvalue weighted by molar-refractivity contribution is 6.33. The molecule has 1 heterocycles. The second kappa shape index (κ2) is 4.18. The molecule has 88 valence electrons. The Balaban J connectivity index is 2.46. The van der Waals surface area contributed by atoms with E-state index in [9.17, 15) is 19.5 Å². The molecule has 0 aliphatic carbocycles. The standard InChI is InChI=1S/C11H8ClNO4/c12-8-2-1-6(5-7(8)11(16)17)13-9(14)3-4-10(13)15/h1-2,5H,3-4H2,(H,16,17)/p-1. The molecule has 1 aliphatic heterocycles. The van der Waals surface area contributed by atoms with Gasteiger partial charge in [0.15, 0.2) is 0 Å². The third-order valence-electron chi connectivity index (χ3n) is 2.48. The van der Waals surface area contributed by atoms with Gasteiger partial charge in [0, 0.05) is 23.4 Å². The molecule has 2 amide bonds. The number of hydrogen-bond donors (Lipinski definition) is 0. The summed E-state index contributed by atoms with van der Waals surface area (Å²) in [6.07, 6.45) is 0.282. The number of carboxylic acids is 1. The number of carbonyl (C=O) groups is 3. The zero-order chi connectivity index (χ0) is 12.6. The third-order valence-corrected chi connectivity index (χ3v) is 2.81. The molecule has 5 nitrogen and oxygen atoms in total. The van der Waals surface area contributed by atoms with Crippen LogP contribution in [-0.4, -0.2) is 17.8 Å². The first-order chi connectivity index (χ1) is 8.00. The summed E-state index contributed by atoms with van der Waals surface area (Å²) in [6.45, 7) is 0. The topological polar surface area (TPSA) is 77.5 Å². The normalized spacial score (nSPS) is 15.5. The summed E-state index contributed by atoms with van der Waals surface area (Å²) in [5, 5.41) is 10.8. The number of imide groups is 1. The van der Waals surface area contributed by atoms with Crippen molar-refractivity contribution in [2.45, 2.75) is 12.8 Å². The minimum Gasteiger partial charge on any atom is -0.545 e. The van der Waals surface area contributed by atoms with Crippen molar-refractivity contribution in [3.8, 4) is 0 Å². The summed E-state index contributed by atoms with van der Waals surface area (Å²) < 4.78 is 0. The molecule has 0 saturated carbocycles. The number of rotatable bonds is 2. The number of benzene rings is 1. The molecule has 1 fully saturated rings. The average Bonchev–Trinajstić information content (AvgIpc) is 2.59. The Kier molecular flexibility index (Phi) is 2.85. The van der Waals surface area contributed by atoms with Crippen LogP contribution in [-0.2, 0) is 9.59 Å². The minimum absolute atomic E-state index is 0.00726. The van der Waals surface area contributed by atoms with Gasteiger partial charge >= 0.3 is 0 Å². The van der Waals surface area contributed by atoms with Crippen LogP contribution in [0, 0.1) is 0 Å². The molecule has 0 radical (unpaired) electrons. The lowest BCUT2D eigenvalue weighted by molar-refractivity contribution is -0.255. The van der Waals surface area contributed by atoms with Crippen molar-refractivity contribution in [2.24, 2.45) is 0 Å². The van der Waals surface area contributed by atoms with Gasteiger partial charge in [0.05, 0.1) is 11.7 Å². The zero-order valence-electron chi connectivity index (χ0n) is 8.60. The molecule has 0 spiro atoms. The smallest absolute Gasteiger partial charge is 0.234 e. The molecule has 0 unspecified atom stereocenters. The largest absolute Gasteiger partial charge is 0.545 e. The minimum atomic E-state index is -1.45. The molecule has 1 saturated heterocycles. The molecule has 2 rings (SSSR count). The highest BCUT2D eigenvalue weighted by Crippen LogP contribution is 2.26. The van der Waals surface area contributed by atoms with Crippen LogP contribution < -0.4 is 10.0 Å². The number of carbonyl (C=O) groups excluding carboxylic acids is 3. The van der Waals surface area contributed by atoms with Gasteiger partial charge in [0.25, 0.3) is 0 Å². The van der Waals surface area contributed by atoms with Crippen molar-refractivity contribution in [1.82, 2.24) is 0 Å². The fourth-order valence-corrected chi connectivity index (χ4v) is 1.87. The molecule has 0 aromatic heterocycles. The van der Waals surface area contributed by atoms with Gasteiger partial charge in [0.2, 0.25) is 11.8 Å². The quantitative estimate of drug-likeness (QED) is 0.712. The number of carboxylic acid groups (broad SMARTS) is 1. The van der Waals surface area contributed by atoms with Crippen LogP contribution in [0.4, 0.5) is 5.69 Å². The van der Waals surface area contributed by atoms with E-state index in [0.717, 1.165) is 4.90 Å². The van der Waals surface area contributed by atoms with Crippen LogP contribution in [0.5, 0.6) is 0 Å². The van der Waals surface area contributed by atoms with E-state index in [2.05, 4.69) is 0 Å². The Labute approximate surface area is 102 Å². The Morgan fingerprint density at radius 1 is 1.24 bits per heavy atom. The molecular formula is C11H7ClNO4-. The Bertz CT molecular complexity index is 510. The summed E-state index contributed by atoms with van der Waals surface area (Å²) >= 11 is 5.66. The molecule has 1 aliphatic rings. The maximum Gasteiger partial charge on any atom is 0.234 e. The van der Waals surface area contributed by atoms with Gasteiger partial charge in [-0.25, -0.2) is 0 Å². The van der Waals surface area contributed by atoms with E-state index in [1.54, 1.807) is 0 Å². The monoisotopic (exact) mass is 252 g/mol. The van der Waals surface area contributed by atoms with Crippen molar-refractivity contribution in [2.75, 3.05) is 4.90 Å². The van der Waals surface area contributed by atoms with Gasteiger partial charge in [-0.15, -0.1) is 0 Å². The van der Waals surface area contributed by atoms with E-state index in [1.807, 2.05) is 0 Å². The molecule has 1 aromatic carbocycles. The van der Waals surface area contributed by atoms with Gasteiger partial charge < -0.3 is 9.90 Å². The summed E-state index contributed by atoms with van der Waals surface area (Å²) in [4.78, 5) is 34.6. The van der Waals surface area contributed by atoms with Crippen molar-refractivity contribution in [1.29, 1.82) is 0 Å². The lowest BCUT2D eigenvalue weighted by Gasteiger charge is -2.16. The van der Waals surface area contributed by atoms with Gasteiger partial charge in [-0.2, -0.15) is 0 Å². The number of nitrogens with zero attached hydrogens (tertiary/aromatic N) is 1. The van der Waals surface area contributed by atoms with Gasteiger partial charge in [-0.1, -0.05) is 11.6 Å². The Morgan fingerprint density at radius 3 is 2.35 bits per heavy atom. The van der Waals surface area contributed by atoms with Crippen LogP contribution in [0.15, 0.2) is 18.2 Å². The van der Waals surface area contributed by atoms with E-state index in [1.165, 1.54) is 18.2 Å². The molecular weight excluding hydrogens is 246 g/mol. The van der Waals surface area contributed by atoms with E-state index in [0.29, 0.717) is 0 Å². The highest BCUT2D eigenvalue weighted by Gasteiger charge is 2.30. The molecule has 6 heteroatoms. The van der Waals surface area contributed by atoms with Crippen molar-refractivity contribution in [3.63, 3.8) is 0 Å². The molecule has 0 bridgehead atoms. The summed E-state index contributed by atoms with van der Waals surface area (Å²) in [7, 11) is 0. The number of anilines is 1. The van der Waals surface area contributed by atoms with Gasteiger partial charge in [-0.3, -0.25) is 14.5 Å². The number of halogens is 1. The molecule has 17 heavy (non-hydrogen) atoms. The molecule has 1 aromatic rings. The van der Waals surface area contributed by atoms with E-state index >= 15 is 0 Å². The van der Waals surface area contributed by atoms with Crippen LogP contribution in [0.3, 0.4) is 0 Å². The number of hydrogen-bond acceptors (Lipinski definition) is 4. The summed E-state index contributed by atoms with van der Waals surface area (Å²) in [5.41, 5.74) is -0.0298. The highest BCUT2D eigenvalue weighted by atomic mass is 35.5. The Hall–Kier alpha value is -1.88. The van der Waals surface area contributed by atoms with E-state index in [4.69, 9.17) is 11.6 Å². The van der Waals surface area contributed by atoms with Crippen LogP contribution in [0.2, 0.25) is 5.02 Å². The lowest BCUT2D eigenvalue weighted by Crippen LogP contribution is -2.29. The fourth-order valence-electron chi connectivity index (χ4n) is 1.67. The first kappa shape index (κ1) is 11.6. The number of amides is 2. The molecule has 0 N–H and O–H groups in total. The van der Waals surface area contributed by atoms with Crippen LogP contribution >= 0.6 is 11.6 Å². The maximum atomic E-state index is 11.5. The Morgan fingerprint density at radius 2 is 1.82 bits per heavy atom. The zero-order valence-corrected chi connectivity index (χ0v) is 9.36. The van der Waals surface area contributed by atoms with Gasteiger partial charge in [-0.05, 0) is 18.2 Å². The van der Waals surface area contributed by atoms with E-state index in [-0.39, 0.29) is 40.9 Å². The average molecular weight is 253 g/mol. The molecule has 0 atom stereocenters. The van der Waals surface area contributed by atoms with Crippen molar-refractivity contribution >= 4 is 35.1 Å². The second-order valence-electron chi connectivity index (χ2n) is 3.57. The van der Waals surface area contributed by atoms with Crippen LogP contribution in [0.1, 0.15) is 23.2 Å². The predicted molar refractivity (Wildman–Crippen MR) is 57.5 cm³/mol. The predicted octanol–water partition coefficient (Wildman–Crippen LogP) is 0.357. The first-order valence-corrected chi connectivity index (χ1v) is 5.25. The van der Waals surface area contributed by atoms with E-state index < -0.39 is 5.97 Å². The van der Waals surface area contributed by atoms with Crippen molar-refractivity contribution < 1.29 is 19.5 Å². The van der Waals surface area contributed by atoms with Crippen molar-refractivity contribution in [3.05, 3.63) is 28.8 Å². The third kappa shape index (κ3) is 2.01. The lowest BCUT2D eigenvalue weighted by atomic mass is 10.2. The second-order valence-corrected chi connectivity index (χ2v) is 3.98. The maximum absolute atomic E-state index is 11.5. The first-order valence-electron chi connectivity index (χ1n) is 4.87.